The molecule has 1 aromatic rings. The minimum atomic E-state index is -0.237. The second-order valence-corrected chi connectivity index (χ2v) is 6.86. The topological polar surface area (TPSA) is 64.6 Å². The maximum Gasteiger partial charge on any atom is 0.308 e. The van der Waals surface area contributed by atoms with E-state index in [1.54, 1.807) is 13.2 Å². The van der Waals surface area contributed by atoms with E-state index in [0.717, 1.165) is 8.04 Å². The fourth-order valence-corrected chi connectivity index (χ4v) is 3.74. The number of nitrogens with one attached hydrogen (secondary N) is 1. The maximum absolute atomic E-state index is 12.2. The van der Waals surface area contributed by atoms with Crippen molar-refractivity contribution >= 4 is 56.1 Å². The molecule has 1 aliphatic carbocycles. The fraction of sp³-hybridized carbons (Fsp3) is 0.429. The van der Waals surface area contributed by atoms with Crippen LogP contribution in [0.5, 0.6) is 5.75 Å². The average Bonchev–Trinajstić information content (AvgIpc) is 2.39. The number of hydrogen-bond acceptors (Lipinski definition) is 4. The summed E-state index contributed by atoms with van der Waals surface area (Å²) in [5.41, 5.74) is 0.710. The van der Waals surface area contributed by atoms with Crippen molar-refractivity contribution in [3.05, 3.63) is 20.2 Å². The van der Waals surface area contributed by atoms with Crippen LogP contribution >= 0.6 is 38.5 Å². The number of esters is 1. The van der Waals surface area contributed by atoms with E-state index in [4.69, 9.17) is 4.74 Å². The molecule has 0 unspecified atom stereocenters. The number of benzene rings is 1. The first-order valence-electron chi connectivity index (χ1n) is 6.38. The molecule has 5 nitrogen and oxygen atoms in total. The molecule has 1 fully saturated rings. The molecule has 0 heterocycles. The second kappa shape index (κ2) is 6.95. The Bertz CT molecular complexity index is 572. The first-order chi connectivity index (χ1) is 9.96. The number of carbonyl (C=O) groups is 2. The Morgan fingerprint density at radius 1 is 1.29 bits per heavy atom. The zero-order valence-electron chi connectivity index (χ0n) is 11.6. The molecule has 114 valence electrons. The van der Waals surface area contributed by atoms with Gasteiger partial charge < -0.3 is 14.8 Å². The van der Waals surface area contributed by atoms with Crippen molar-refractivity contribution < 1.29 is 19.1 Å². The van der Waals surface area contributed by atoms with E-state index in [1.807, 2.05) is 6.07 Å². The molecule has 0 radical (unpaired) electrons. The highest BCUT2D eigenvalue weighted by molar-refractivity contribution is 14.1. The van der Waals surface area contributed by atoms with Gasteiger partial charge in [0.25, 0.3) is 0 Å². The van der Waals surface area contributed by atoms with E-state index >= 15 is 0 Å². The lowest BCUT2D eigenvalue weighted by Crippen LogP contribution is -2.38. The monoisotopic (exact) mass is 467 g/mol. The predicted molar refractivity (Wildman–Crippen MR) is 90.3 cm³/mol. The zero-order valence-corrected chi connectivity index (χ0v) is 15.4. The molecule has 0 aromatic heterocycles. The molecule has 0 saturated heterocycles. The number of rotatable bonds is 4. The van der Waals surface area contributed by atoms with Gasteiger partial charge in [0.2, 0.25) is 5.91 Å². The van der Waals surface area contributed by atoms with Crippen molar-refractivity contribution in [3.63, 3.8) is 0 Å². The van der Waals surface area contributed by atoms with Crippen LogP contribution in [0, 0.1) is 15.4 Å². The Morgan fingerprint density at radius 3 is 2.52 bits per heavy atom. The van der Waals surface area contributed by atoms with E-state index in [-0.39, 0.29) is 23.7 Å². The van der Waals surface area contributed by atoms with E-state index in [9.17, 15) is 9.59 Å². The van der Waals surface area contributed by atoms with Crippen molar-refractivity contribution in [1.29, 1.82) is 0 Å². The molecule has 0 atom stereocenters. The summed E-state index contributed by atoms with van der Waals surface area (Å²) in [5.74, 6) is 0.0620. The van der Waals surface area contributed by atoms with Gasteiger partial charge in [-0.15, -0.1) is 0 Å². The maximum atomic E-state index is 12.2. The number of hydrogen-bond donors (Lipinski definition) is 1. The van der Waals surface area contributed by atoms with Crippen LogP contribution in [0.15, 0.2) is 16.6 Å². The minimum absolute atomic E-state index is 0.0718. The molecule has 1 aromatic carbocycles. The van der Waals surface area contributed by atoms with Crippen molar-refractivity contribution in [3.8, 4) is 5.75 Å². The van der Waals surface area contributed by atoms with E-state index in [1.165, 1.54) is 7.11 Å². The lowest BCUT2D eigenvalue weighted by molar-refractivity contribution is -0.151. The second-order valence-electron chi connectivity index (χ2n) is 4.84. The van der Waals surface area contributed by atoms with Gasteiger partial charge in [-0.3, -0.25) is 9.59 Å². The number of halogens is 2. The van der Waals surface area contributed by atoms with Crippen molar-refractivity contribution in [2.75, 3.05) is 19.5 Å². The quantitative estimate of drug-likeness (QED) is 0.545. The van der Waals surface area contributed by atoms with Crippen LogP contribution < -0.4 is 10.1 Å². The largest absolute Gasteiger partial charge is 0.495 e. The third kappa shape index (κ3) is 3.68. The van der Waals surface area contributed by atoms with Gasteiger partial charge in [-0.05, 0) is 57.4 Å². The number of carbonyl (C=O) groups excluding carboxylic acids is 2. The van der Waals surface area contributed by atoms with Crippen molar-refractivity contribution in [2.45, 2.75) is 12.8 Å². The lowest BCUT2D eigenvalue weighted by atomic mass is 9.74. The summed E-state index contributed by atoms with van der Waals surface area (Å²) in [6.07, 6.45) is 1.09. The summed E-state index contributed by atoms with van der Waals surface area (Å²) in [6, 6.07) is 3.66. The summed E-state index contributed by atoms with van der Waals surface area (Å²) >= 11 is 5.55. The molecule has 0 aliphatic heterocycles. The molecule has 21 heavy (non-hydrogen) atoms. The summed E-state index contributed by atoms with van der Waals surface area (Å²) in [7, 11) is 2.94. The third-order valence-electron chi connectivity index (χ3n) is 3.54. The molecule has 0 spiro atoms. The predicted octanol–water partition coefficient (Wildman–Crippen LogP) is 3.20. The van der Waals surface area contributed by atoms with Crippen LogP contribution in [0.25, 0.3) is 0 Å². The number of methoxy groups -OCH3 is 2. The van der Waals surface area contributed by atoms with Crippen LogP contribution in [0.1, 0.15) is 12.8 Å². The SMILES string of the molecule is COC(=O)C1CC(C(=O)Nc2cc(OC)c(Br)cc2I)C1. The third-order valence-corrected chi connectivity index (χ3v) is 5.05. The molecule has 0 bridgehead atoms. The number of ether oxygens (including phenoxy) is 2. The molecule has 2 rings (SSSR count). The lowest BCUT2D eigenvalue weighted by Gasteiger charge is -2.32. The van der Waals surface area contributed by atoms with Gasteiger partial charge in [-0.2, -0.15) is 0 Å². The first-order valence-corrected chi connectivity index (χ1v) is 8.25. The van der Waals surface area contributed by atoms with Gasteiger partial charge in [0, 0.05) is 15.6 Å². The van der Waals surface area contributed by atoms with Crippen molar-refractivity contribution in [1.82, 2.24) is 0 Å². The molecule has 7 heteroatoms. The van der Waals surface area contributed by atoms with E-state index in [2.05, 4.69) is 48.6 Å². The van der Waals surface area contributed by atoms with Gasteiger partial charge in [0.1, 0.15) is 5.75 Å². The zero-order chi connectivity index (χ0) is 15.6. The average molecular weight is 468 g/mol. The molecule has 1 aliphatic rings. The van der Waals surface area contributed by atoms with Crippen LogP contribution in [0.4, 0.5) is 5.69 Å². The Kier molecular flexibility index (Phi) is 5.48. The summed E-state index contributed by atoms with van der Waals surface area (Å²) in [4.78, 5) is 23.5. The normalized spacial score (nSPS) is 20.4. The van der Waals surface area contributed by atoms with Crippen LogP contribution in [-0.2, 0) is 14.3 Å². The Hall–Kier alpha value is -0.830. The first kappa shape index (κ1) is 16.5. The number of anilines is 1. The van der Waals surface area contributed by atoms with Gasteiger partial charge in [-0.25, -0.2) is 0 Å². The van der Waals surface area contributed by atoms with E-state index < -0.39 is 0 Å². The van der Waals surface area contributed by atoms with Crippen LogP contribution in [0.2, 0.25) is 0 Å². The Morgan fingerprint density at radius 2 is 1.95 bits per heavy atom. The molecular weight excluding hydrogens is 453 g/mol. The smallest absolute Gasteiger partial charge is 0.308 e. The highest BCUT2D eigenvalue weighted by Gasteiger charge is 2.39. The fourth-order valence-electron chi connectivity index (χ4n) is 2.21. The number of amides is 1. The summed E-state index contributed by atoms with van der Waals surface area (Å²) < 4.78 is 11.6. The molecule has 1 saturated carbocycles. The minimum Gasteiger partial charge on any atom is -0.495 e. The molecule has 1 amide bonds. The van der Waals surface area contributed by atoms with E-state index in [0.29, 0.717) is 24.3 Å². The molecular formula is C14H15BrINO4. The Balaban J connectivity index is 2.00. The Labute approximate surface area is 145 Å². The summed E-state index contributed by atoms with van der Waals surface area (Å²) in [5, 5.41) is 2.89. The van der Waals surface area contributed by atoms with Crippen LogP contribution in [0.3, 0.4) is 0 Å². The van der Waals surface area contributed by atoms with Gasteiger partial charge in [0.15, 0.2) is 0 Å². The van der Waals surface area contributed by atoms with Gasteiger partial charge in [0.05, 0.1) is 30.3 Å². The van der Waals surface area contributed by atoms with Gasteiger partial charge >= 0.3 is 5.97 Å². The highest BCUT2D eigenvalue weighted by atomic mass is 127. The molecule has 1 N–H and O–H groups in total. The highest BCUT2D eigenvalue weighted by Crippen LogP contribution is 2.37. The van der Waals surface area contributed by atoms with Crippen molar-refractivity contribution in [2.24, 2.45) is 11.8 Å². The van der Waals surface area contributed by atoms with Gasteiger partial charge in [-0.1, -0.05) is 0 Å². The standard InChI is InChI=1S/C14H15BrINO4/c1-20-12-6-11(10(16)5-9(12)15)17-13(18)7-3-8(4-7)14(19)21-2/h5-8H,3-4H2,1-2H3,(H,17,18). The summed E-state index contributed by atoms with van der Waals surface area (Å²) in [6.45, 7) is 0. The van der Waals surface area contributed by atoms with Crippen LogP contribution in [-0.4, -0.2) is 26.1 Å².